The number of rotatable bonds is 5. The highest BCUT2D eigenvalue weighted by Gasteiger charge is 2.20. The van der Waals surface area contributed by atoms with Crippen molar-refractivity contribution in [2.75, 3.05) is 18.6 Å². The first kappa shape index (κ1) is 14.8. The van der Waals surface area contributed by atoms with E-state index in [0.717, 1.165) is 18.2 Å². The molecular formula is C14H15ClN2O2S. The fourth-order valence-electron chi connectivity index (χ4n) is 1.76. The van der Waals surface area contributed by atoms with Crippen molar-refractivity contribution < 1.29 is 9.53 Å². The fourth-order valence-corrected chi connectivity index (χ4v) is 3.03. The Morgan fingerprint density at radius 1 is 1.40 bits per heavy atom. The predicted molar refractivity (Wildman–Crippen MR) is 81.6 cm³/mol. The van der Waals surface area contributed by atoms with Crippen LogP contribution < -0.4 is 4.90 Å². The van der Waals surface area contributed by atoms with E-state index in [4.69, 9.17) is 16.3 Å². The summed E-state index contributed by atoms with van der Waals surface area (Å²) in [4.78, 5) is 18.2. The molecule has 0 aliphatic heterocycles. The Labute approximate surface area is 127 Å². The van der Waals surface area contributed by atoms with Crippen LogP contribution in [-0.4, -0.2) is 24.6 Å². The Morgan fingerprint density at radius 3 is 2.70 bits per heavy atom. The Bertz CT molecular complexity index is 586. The molecule has 0 unspecified atom stereocenters. The molecule has 0 saturated carbocycles. The van der Waals surface area contributed by atoms with Crippen LogP contribution in [0.1, 0.15) is 22.2 Å². The molecule has 6 heteroatoms. The van der Waals surface area contributed by atoms with Crippen molar-refractivity contribution in [3.05, 3.63) is 45.9 Å². The molecule has 106 valence electrons. The number of esters is 1. The summed E-state index contributed by atoms with van der Waals surface area (Å²) in [5.74, 6) is -0.450. The molecule has 1 aromatic carbocycles. The van der Waals surface area contributed by atoms with Crippen LogP contribution in [0.5, 0.6) is 0 Å². The Kier molecular flexibility index (Phi) is 4.98. The standard InChI is InChI=1S/C14H15ClN2O2S/c1-3-17(9-10-7-5-4-6-8-10)14-16-12(15)11(20-14)13(18)19-2/h4-8H,3,9H2,1-2H3. The van der Waals surface area contributed by atoms with Gasteiger partial charge in [-0.3, -0.25) is 0 Å². The Morgan fingerprint density at radius 2 is 2.10 bits per heavy atom. The minimum Gasteiger partial charge on any atom is -0.465 e. The third kappa shape index (κ3) is 3.29. The maximum absolute atomic E-state index is 11.6. The predicted octanol–water partition coefficient (Wildman–Crippen LogP) is 3.61. The Hall–Kier alpha value is -1.59. The van der Waals surface area contributed by atoms with Crippen molar-refractivity contribution in [3.63, 3.8) is 0 Å². The zero-order valence-electron chi connectivity index (χ0n) is 11.3. The maximum Gasteiger partial charge on any atom is 0.351 e. The number of nitrogens with zero attached hydrogens (tertiary/aromatic N) is 2. The lowest BCUT2D eigenvalue weighted by molar-refractivity contribution is 0.0606. The van der Waals surface area contributed by atoms with Crippen molar-refractivity contribution in [2.24, 2.45) is 0 Å². The third-order valence-corrected chi connectivity index (χ3v) is 4.30. The van der Waals surface area contributed by atoms with Gasteiger partial charge in [-0.2, -0.15) is 0 Å². The van der Waals surface area contributed by atoms with Gasteiger partial charge in [0.1, 0.15) is 0 Å². The van der Waals surface area contributed by atoms with Crippen LogP contribution in [0.4, 0.5) is 5.13 Å². The number of ether oxygens (including phenoxy) is 1. The first-order valence-corrected chi connectivity index (χ1v) is 7.38. The molecule has 0 spiro atoms. The number of aromatic nitrogens is 1. The zero-order valence-corrected chi connectivity index (χ0v) is 12.9. The van der Waals surface area contributed by atoms with E-state index < -0.39 is 5.97 Å². The molecule has 1 aromatic heterocycles. The highest BCUT2D eigenvalue weighted by atomic mass is 35.5. The molecule has 1 heterocycles. The van der Waals surface area contributed by atoms with Crippen LogP contribution in [0, 0.1) is 0 Å². The van der Waals surface area contributed by atoms with Crippen LogP contribution in [0.25, 0.3) is 0 Å². The van der Waals surface area contributed by atoms with Crippen LogP contribution in [-0.2, 0) is 11.3 Å². The van der Waals surface area contributed by atoms with Gasteiger partial charge in [-0.05, 0) is 12.5 Å². The highest BCUT2D eigenvalue weighted by molar-refractivity contribution is 7.18. The molecule has 2 aromatic rings. The Balaban J connectivity index is 2.22. The normalized spacial score (nSPS) is 10.3. The lowest BCUT2D eigenvalue weighted by Crippen LogP contribution is -2.21. The molecular weight excluding hydrogens is 296 g/mol. The van der Waals surface area contributed by atoms with Gasteiger partial charge in [-0.1, -0.05) is 53.3 Å². The van der Waals surface area contributed by atoms with E-state index >= 15 is 0 Å². The van der Waals surface area contributed by atoms with Gasteiger partial charge in [0.25, 0.3) is 0 Å². The molecule has 4 nitrogen and oxygen atoms in total. The summed E-state index contributed by atoms with van der Waals surface area (Å²) >= 11 is 7.25. The van der Waals surface area contributed by atoms with E-state index in [-0.39, 0.29) is 5.15 Å². The summed E-state index contributed by atoms with van der Waals surface area (Å²) in [5.41, 5.74) is 1.18. The lowest BCUT2D eigenvalue weighted by atomic mass is 10.2. The molecule has 0 aliphatic rings. The summed E-state index contributed by atoms with van der Waals surface area (Å²) in [6.07, 6.45) is 0. The molecule has 20 heavy (non-hydrogen) atoms. The second-order valence-electron chi connectivity index (χ2n) is 4.11. The third-order valence-electron chi connectivity index (χ3n) is 2.81. The van der Waals surface area contributed by atoms with E-state index in [9.17, 15) is 4.79 Å². The largest absolute Gasteiger partial charge is 0.465 e. The number of hydrogen-bond acceptors (Lipinski definition) is 5. The van der Waals surface area contributed by atoms with Crippen molar-refractivity contribution in [2.45, 2.75) is 13.5 Å². The van der Waals surface area contributed by atoms with Gasteiger partial charge in [0.2, 0.25) is 0 Å². The van der Waals surface area contributed by atoms with E-state index in [1.165, 1.54) is 24.0 Å². The molecule has 0 saturated heterocycles. The van der Waals surface area contributed by atoms with Gasteiger partial charge in [0.15, 0.2) is 15.2 Å². The number of benzene rings is 1. The van der Waals surface area contributed by atoms with E-state index in [1.807, 2.05) is 25.1 Å². The topological polar surface area (TPSA) is 42.4 Å². The number of anilines is 1. The van der Waals surface area contributed by atoms with Crippen molar-refractivity contribution in [1.82, 2.24) is 4.98 Å². The molecule has 0 N–H and O–H groups in total. The average molecular weight is 311 g/mol. The number of halogens is 1. The van der Waals surface area contributed by atoms with Crippen molar-refractivity contribution in [1.29, 1.82) is 0 Å². The average Bonchev–Trinajstić information content (AvgIpc) is 2.87. The van der Waals surface area contributed by atoms with Gasteiger partial charge < -0.3 is 9.64 Å². The number of carbonyl (C=O) groups is 1. The van der Waals surface area contributed by atoms with Crippen LogP contribution >= 0.6 is 22.9 Å². The summed E-state index contributed by atoms with van der Waals surface area (Å²) in [6, 6.07) is 10.1. The molecule has 2 rings (SSSR count). The minimum absolute atomic E-state index is 0.198. The second kappa shape index (κ2) is 6.72. The highest BCUT2D eigenvalue weighted by Crippen LogP contribution is 2.30. The fraction of sp³-hybridized carbons (Fsp3) is 0.286. The van der Waals surface area contributed by atoms with Gasteiger partial charge in [-0.25, -0.2) is 9.78 Å². The van der Waals surface area contributed by atoms with Crippen molar-refractivity contribution in [3.8, 4) is 0 Å². The summed E-state index contributed by atoms with van der Waals surface area (Å²) < 4.78 is 4.69. The monoisotopic (exact) mass is 310 g/mol. The molecule has 0 amide bonds. The number of thiazole rings is 1. The van der Waals surface area contributed by atoms with Crippen LogP contribution in [0.2, 0.25) is 5.15 Å². The quantitative estimate of drug-likeness (QED) is 0.791. The van der Waals surface area contributed by atoms with E-state index in [2.05, 4.69) is 22.0 Å². The smallest absolute Gasteiger partial charge is 0.351 e. The van der Waals surface area contributed by atoms with Crippen LogP contribution in [0.15, 0.2) is 30.3 Å². The first-order valence-electron chi connectivity index (χ1n) is 6.19. The maximum atomic E-state index is 11.6. The van der Waals surface area contributed by atoms with Gasteiger partial charge in [0.05, 0.1) is 7.11 Å². The summed E-state index contributed by atoms with van der Waals surface area (Å²) in [6.45, 7) is 3.54. The van der Waals surface area contributed by atoms with Crippen molar-refractivity contribution >= 4 is 34.0 Å². The molecule has 0 fully saturated rings. The van der Waals surface area contributed by atoms with Gasteiger partial charge in [0, 0.05) is 13.1 Å². The zero-order chi connectivity index (χ0) is 14.5. The summed E-state index contributed by atoms with van der Waals surface area (Å²) in [5, 5.41) is 0.921. The minimum atomic E-state index is -0.450. The molecule has 0 atom stereocenters. The van der Waals surface area contributed by atoms with E-state index in [0.29, 0.717) is 4.88 Å². The summed E-state index contributed by atoms with van der Waals surface area (Å²) in [7, 11) is 1.33. The van der Waals surface area contributed by atoms with Gasteiger partial charge >= 0.3 is 5.97 Å². The van der Waals surface area contributed by atoms with Crippen LogP contribution in [0.3, 0.4) is 0 Å². The second-order valence-corrected chi connectivity index (χ2v) is 5.44. The number of carbonyl (C=O) groups excluding carboxylic acids is 1. The van der Waals surface area contributed by atoms with E-state index in [1.54, 1.807) is 0 Å². The SMILES string of the molecule is CCN(Cc1ccccc1)c1nc(Cl)c(C(=O)OC)s1. The van der Waals surface area contributed by atoms with Gasteiger partial charge in [-0.15, -0.1) is 0 Å². The first-order chi connectivity index (χ1) is 9.65. The number of hydrogen-bond donors (Lipinski definition) is 0. The molecule has 0 aliphatic carbocycles. The lowest BCUT2D eigenvalue weighted by Gasteiger charge is -2.19. The molecule has 0 bridgehead atoms. The number of methoxy groups -OCH3 is 1. The molecule has 0 radical (unpaired) electrons.